The summed E-state index contributed by atoms with van der Waals surface area (Å²) in [6.45, 7) is 8.28. The van der Waals surface area contributed by atoms with Crippen LogP contribution in [0.5, 0.6) is 0 Å². The van der Waals surface area contributed by atoms with E-state index < -0.39 is 6.10 Å². The second-order valence-corrected chi connectivity index (χ2v) is 8.77. The molecule has 2 aromatic rings. The van der Waals surface area contributed by atoms with E-state index in [9.17, 15) is 9.59 Å². The minimum atomic E-state index is -0.683. The average molecular weight is 473 g/mol. The van der Waals surface area contributed by atoms with Crippen molar-refractivity contribution in [3.8, 4) is 0 Å². The third-order valence-electron chi connectivity index (χ3n) is 6.04. The van der Waals surface area contributed by atoms with Crippen LogP contribution in [0.4, 0.5) is 23.1 Å². The smallest absolute Gasteiger partial charge is 0.256 e. The van der Waals surface area contributed by atoms with Crippen LogP contribution in [-0.2, 0) is 20.7 Å². The number of benzene rings is 1. The number of rotatable bonds is 7. The Morgan fingerprint density at radius 2 is 2.03 bits per heavy atom. The molecule has 1 N–H and O–H groups in total. The number of likely N-dealkylation sites (N-methyl/N-ethyl adjacent to an activating group) is 2. The van der Waals surface area contributed by atoms with Crippen LogP contribution in [0.25, 0.3) is 0 Å². The molecule has 1 aromatic heterocycles. The molecule has 1 amide bonds. The molecule has 0 saturated carbocycles. The molecular formula is C23H29ClN6O3. The number of hydrogen-bond donors (Lipinski definition) is 1. The maximum atomic E-state index is 12.6. The Morgan fingerprint density at radius 3 is 2.73 bits per heavy atom. The van der Waals surface area contributed by atoms with Crippen LogP contribution in [0, 0.1) is 0 Å². The number of carbonyl (C=O) groups excluding carboxylic acids is 2. The van der Waals surface area contributed by atoms with Crippen molar-refractivity contribution < 1.29 is 14.3 Å². The second kappa shape index (κ2) is 10.0. The number of carbonyl (C=O) groups is 2. The van der Waals surface area contributed by atoms with Crippen molar-refractivity contribution in [2.75, 3.05) is 61.5 Å². The fraction of sp³-hybridized carbons (Fsp3) is 0.478. The van der Waals surface area contributed by atoms with E-state index in [0.29, 0.717) is 23.2 Å². The molecule has 0 spiro atoms. The first-order valence-electron chi connectivity index (χ1n) is 11.1. The summed E-state index contributed by atoms with van der Waals surface area (Å²) in [5.41, 5.74) is 2.55. The molecule has 1 atom stereocenters. The Morgan fingerprint density at radius 1 is 1.27 bits per heavy atom. The molecule has 9 nitrogen and oxygen atoms in total. The summed E-state index contributed by atoms with van der Waals surface area (Å²) >= 11 is 6.39. The highest BCUT2D eigenvalue weighted by molar-refractivity contribution is 6.32. The van der Waals surface area contributed by atoms with Gasteiger partial charge in [-0.3, -0.25) is 9.59 Å². The number of halogens is 1. The van der Waals surface area contributed by atoms with Crippen LogP contribution in [0.3, 0.4) is 0 Å². The third kappa shape index (κ3) is 5.26. The molecule has 0 bridgehead atoms. The lowest BCUT2D eigenvalue weighted by molar-refractivity contribution is -0.134. The van der Waals surface area contributed by atoms with Crippen molar-refractivity contribution in [1.29, 1.82) is 0 Å². The zero-order valence-corrected chi connectivity index (χ0v) is 19.9. The van der Waals surface area contributed by atoms with Gasteiger partial charge in [0.2, 0.25) is 5.95 Å². The van der Waals surface area contributed by atoms with Gasteiger partial charge >= 0.3 is 0 Å². The van der Waals surface area contributed by atoms with Gasteiger partial charge in [0.1, 0.15) is 17.7 Å². The molecule has 33 heavy (non-hydrogen) atoms. The highest BCUT2D eigenvalue weighted by atomic mass is 35.5. The van der Waals surface area contributed by atoms with Crippen molar-refractivity contribution in [3.05, 3.63) is 35.0 Å². The summed E-state index contributed by atoms with van der Waals surface area (Å²) < 4.78 is 5.55. The van der Waals surface area contributed by atoms with Crippen LogP contribution in [0.1, 0.15) is 19.4 Å². The number of hydrogen-bond acceptors (Lipinski definition) is 8. The third-order valence-corrected chi connectivity index (χ3v) is 6.31. The largest absolute Gasteiger partial charge is 0.360 e. The molecular weight excluding hydrogens is 444 g/mol. The van der Waals surface area contributed by atoms with Gasteiger partial charge < -0.3 is 24.8 Å². The number of nitrogens with zero attached hydrogens (tertiary/aromatic N) is 5. The summed E-state index contributed by atoms with van der Waals surface area (Å²) in [5, 5.41) is 3.72. The number of ketones is 1. The van der Waals surface area contributed by atoms with Gasteiger partial charge in [0.05, 0.1) is 6.20 Å². The van der Waals surface area contributed by atoms with Crippen molar-refractivity contribution in [2.24, 2.45) is 0 Å². The van der Waals surface area contributed by atoms with E-state index >= 15 is 0 Å². The molecule has 4 rings (SSSR count). The first-order valence-corrected chi connectivity index (χ1v) is 11.5. The lowest BCUT2D eigenvalue weighted by atomic mass is 9.98. The Kier molecular flexibility index (Phi) is 7.11. The average Bonchev–Trinajstić information content (AvgIpc) is 2.82. The van der Waals surface area contributed by atoms with Gasteiger partial charge in [-0.1, -0.05) is 18.5 Å². The highest BCUT2D eigenvalue weighted by Crippen LogP contribution is 2.32. The maximum Gasteiger partial charge on any atom is 0.256 e. The molecule has 3 heterocycles. The number of ether oxygens (including phenoxy) is 1. The minimum Gasteiger partial charge on any atom is -0.360 e. The van der Waals surface area contributed by atoms with Gasteiger partial charge in [-0.05, 0) is 37.2 Å². The summed E-state index contributed by atoms with van der Waals surface area (Å²) in [7, 11) is 1.71. The SMILES string of the molecule is CCN1CCN(c2ncc(Cl)c(Nc3ccc4c(c3)CC(OCC(C)=O)C(=O)N4C)n2)CC1. The number of aromatic nitrogens is 2. The van der Waals surface area contributed by atoms with Gasteiger partial charge in [-0.15, -0.1) is 0 Å². The quantitative estimate of drug-likeness (QED) is 0.657. The molecule has 1 saturated heterocycles. The lowest BCUT2D eigenvalue weighted by Crippen LogP contribution is -2.46. The number of fused-ring (bicyclic) bond motifs is 1. The first-order chi connectivity index (χ1) is 15.9. The maximum absolute atomic E-state index is 12.6. The van der Waals surface area contributed by atoms with Gasteiger partial charge in [0.15, 0.2) is 11.6 Å². The molecule has 1 aromatic carbocycles. The van der Waals surface area contributed by atoms with Crippen LogP contribution >= 0.6 is 11.6 Å². The predicted octanol–water partition coefficient (Wildman–Crippen LogP) is 2.51. The Bertz CT molecular complexity index is 1040. The minimum absolute atomic E-state index is 0.0800. The van der Waals surface area contributed by atoms with Crippen molar-refractivity contribution in [3.63, 3.8) is 0 Å². The molecule has 1 fully saturated rings. The molecule has 0 radical (unpaired) electrons. The molecule has 1 unspecified atom stereocenters. The van der Waals surface area contributed by atoms with E-state index in [2.05, 4.69) is 32.0 Å². The molecule has 2 aliphatic rings. The van der Waals surface area contributed by atoms with Crippen LogP contribution in [0.15, 0.2) is 24.4 Å². The zero-order valence-electron chi connectivity index (χ0n) is 19.2. The fourth-order valence-electron chi connectivity index (χ4n) is 4.12. The standard InChI is InChI=1S/C23H29ClN6O3/c1-4-29-7-9-30(10-8-29)23-25-13-18(24)21(27-23)26-17-5-6-19-16(11-17)12-20(22(32)28(19)3)33-14-15(2)31/h5-6,11,13,20H,4,7-10,12,14H2,1-3H3,(H,25,26,27). The Hall–Kier alpha value is -2.75. The summed E-state index contributed by atoms with van der Waals surface area (Å²) in [6.07, 6.45) is 1.33. The second-order valence-electron chi connectivity index (χ2n) is 8.36. The topological polar surface area (TPSA) is 90.9 Å². The van der Waals surface area contributed by atoms with Gasteiger partial charge in [-0.25, -0.2) is 4.98 Å². The van der Waals surface area contributed by atoms with E-state index in [1.807, 2.05) is 18.2 Å². The lowest BCUT2D eigenvalue weighted by Gasteiger charge is -2.34. The normalized spacial score (nSPS) is 18.9. The zero-order chi connectivity index (χ0) is 23.5. The fourth-order valence-corrected chi connectivity index (χ4v) is 4.26. The Labute approximate surface area is 198 Å². The van der Waals surface area contributed by atoms with Crippen LogP contribution in [0.2, 0.25) is 5.02 Å². The van der Waals surface area contributed by atoms with E-state index in [4.69, 9.17) is 16.3 Å². The number of Topliss-reactive ketones (excluding diaryl/α,β-unsaturated/α-hetero) is 1. The highest BCUT2D eigenvalue weighted by Gasteiger charge is 2.31. The molecule has 0 aliphatic carbocycles. The Balaban J connectivity index is 1.52. The monoisotopic (exact) mass is 472 g/mol. The first kappa shape index (κ1) is 23.4. The summed E-state index contributed by atoms with van der Waals surface area (Å²) in [4.78, 5) is 39.1. The van der Waals surface area contributed by atoms with Crippen LogP contribution < -0.4 is 15.1 Å². The molecule has 176 valence electrons. The van der Waals surface area contributed by atoms with E-state index in [0.717, 1.165) is 49.7 Å². The summed E-state index contributed by atoms with van der Waals surface area (Å²) in [6, 6.07) is 5.73. The van der Waals surface area contributed by atoms with E-state index in [1.54, 1.807) is 18.1 Å². The van der Waals surface area contributed by atoms with E-state index in [1.165, 1.54) is 6.92 Å². The van der Waals surface area contributed by atoms with Crippen LogP contribution in [-0.4, -0.2) is 79.0 Å². The van der Waals surface area contributed by atoms with E-state index in [-0.39, 0.29) is 18.3 Å². The predicted molar refractivity (Wildman–Crippen MR) is 129 cm³/mol. The van der Waals surface area contributed by atoms with Crippen molar-refractivity contribution >= 4 is 46.4 Å². The van der Waals surface area contributed by atoms with Gasteiger partial charge in [-0.2, -0.15) is 4.98 Å². The number of anilines is 4. The summed E-state index contributed by atoms with van der Waals surface area (Å²) in [5.74, 6) is 0.913. The van der Waals surface area contributed by atoms with Gasteiger partial charge in [0, 0.05) is 51.0 Å². The molecule has 2 aliphatic heterocycles. The number of amides is 1. The van der Waals surface area contributed by atoms with Crippen molar-refractivity contribution in [1.82, 2.24) is 14.9 Å². The van der Waals surface area contributed by atoms with Gasteiger partial charge in [0.25, 0.3) is 5.91 Å². The number of nitrogens with one attached hydrogen (secondary N) is 1. The number of piperazine rings is 1. The molecule has 10 heteroatoms. The van der Waals surface area contributed by atoms with Crippen molar-refractivity contribution in [2.45, 2.75) is 26.4 Å².